The van der Waals surface area contributed by atoms with Gasteiger partial charge in [0.15, 0.2) is 34.5 Å². The molecule has 232 valence electrons. The van der Waals surface area contributed by atoms with E-state index in [9.17, 15) is 0 Å². The molecule has 2 unspecified atom stereocenters. The first-order valence-corrected chi connectivity index (χ1v) is 15.1. The van der Waals surface area contributed by atoms with Crippen molar-refractivity contribution in [2.75, 3.05) is 34.7 Å². The molecule has 1 fully saturated rings. The molecule has 8 nitrogen and oxygen atoms in total. The van der Waals surface area contributed by atoms with E-state index in [1.165, 1.54) is 0 Å². The van der Waals surface area contributed by atoms with Crippen molar-refractivity contribution in [2.45, 2.75) is 65.0 Å². The van der Waals surface area contributed by atoms with Crippen molar-refractivity contribution >= 4 is 0 Å². The van der Waals surface area contributed by atoms with E-state index >= 15 is 0 Å². The second-order valence-corrected chi connectivity index (χ2v) is 11.3. The molecule has 0 aromatic heterocycles. The van der Waals surface area contributed by atoms with Crippen LogP contribution in [0, 0.1) is 11.8 Å². The lowest BCUT2D eigenvalue weighted by molar-refractivity contribution is -0.0223. The second-order valence-electron chi connectivity index (χ2n) is 11.3. The second kappa shape index (κ2) is 13.8. The fourth-order valence-electron chi connectivity index (χ4n) is 5.92. The lowest BCUT2D eigenvalue weighted by Crippen LogP contribution is -2.25. The summed E-state index contributed by atoms with van der Waals surface area (Å²) in [4.78, 5) is 0. The largest absolute Gasteiger partial charge is 0.493 e. The molecule has 0 radical (unpaired) electrons. The summed E-state index contributed by atoms with van der Waals surface area (Å²) >= 11 is 0. The third-order valence-electron chi connectivity index (χ3n) is 8.59. The van der Waals surface area contributed by atoms with Crippen molar-refractivity contribution in [2.24, 2.45) is 11.8 Å². The first-order valence-electron chi connectivity index (χ1n) is 15.1. The Balaban J connectivity index is 1.35. The van der Waals surface area contributed by atoms with Gasteiger partial charge in [-0.25, -0.2) is 0 Å². The van der Waals surface area contributed by atoms with Gasteiger partial charge in [0, 0.05) is 6.61 Å². The predicted octanol–water partition coefficient (Wildman–Crippen LogP) is 7.85. The molecule has 3 aromatic rings. The van der Waals surface area contributed by atoms with E-state index in [1.807, 2.05) is 49.4 Å². The van der Waals surface area contributed by atoms with Crippen LogP contribution in [0.4, 0.5) is 0 Å². The summed E-state index contributed by atoms with van der Waals surface area (Å²) in [5, 5.41) is 0. The van der Waals surface area contributed by atoms with Gasteiger partial charge in [-0.05, 0) is 78.3 Å². The third kappa shape index (κ3) is 6.50. The number of benzene rings is 3. The number of methoxy groups -OCH3 is 3. The van der Waals surface area contributed by atoms with Crippen LogP contribution in [0.5, 0.6) is 34.5 Å². The minimum Gasteiger partial charge on any atom is -0.493 e. The number of hydrogen-bond donors (Lipinski definition) is 0. The maximum atomic E-state index is 6.70. The Labute approximate surface area is 255 Å². The fraction of sp³-hybridized carbons (Fsp3) is 0.486. The van der Waals surface area contributed by atoms with Gasteiger partial charge < -0.3 is 37.9 Å². The molecule has 2 heterocycles. The molecule has 5 rings (SSSR count). The van der Waals surface area contributed by atoms with E-state index in [-0.39, 0.29) is 43.0 Å². The van der Waals surface area contributed by atoms with Gasteiger partial charge in [-0.2, -0.15) is 0 Å². The van der Waals surface area contributed by atoms with E-state index in [4.69, 9.17) is 37.9 Å². The average Bonchev–Trinajstić information content (AvgIpc) is 3.62. The molecule has 0 aliphatic carbocycles. The number of fused-ring (bicyclic) bond motifs is 1. The number of unbranched alkanes of at least 4 members (excludes halogenated alkanes) is 1. The van der Waals surface area contributed by atoms with E-state index < -0.39 is 0 Å². The highest BCUT2D eigenvalue weighted by Gasteiger charge is 2.41. The molecule has 3 aromatic carbocycles. The summed E-state index contributed by atoms with van der Waals surface area (Å²) in [6.45, 7) is 9.50. The molecule has 2 aliphatic heterocycles. The molecule has 0 amide bonds. The normalized spacial score (nSPS) is 22.2. The van der Waals surface area contributed by atoms with Gasteiger partial charge in [-0.3, -0.25) is 0 Å². The van der Waals surface area contributed by atoms with Gasteiger partial charge >= 0.3 is 0 Å². The Kier molecular flexibility index (Phi) is 9.88. The van der Waals surface area contributed by atoms with Gasteiger partial charge in [0.1, 0.15) is 12.2 Å². The van der Waals surface area contributed by atoms with Gasteiger partial charge in [0.05, 0.1) is 33.5 Å². The number of ether oxygens (including phenoxy) is 8. The van der Waals surface area contributed by atoms with Crippen LogP contribution in [0.15, 0.2) is 54.6 Å². The lowest BCUT2D eigenvalue weighted by atomic mass is 9.85. The van der Waals surface area contributed by atoms with Gasteiger partial charge in [0.2, 0.25) is 6.79 Å². The van der Waals surface area contributed by atoms with Crippen LogP contribution < -0.4 is 28.4 Å². The Morgan fingerprint density at radius 2 is 1.35 bits per heavy atom. The third-order valence-corrected chi connectivity index (χ3v) is 8.59. The summed E-state index contributed by atoms with van der Waals surface area (Å²) in [6.07, 6.45) is 1.23. The monoisotopic (exact) mass is 592 g/mol. The first kappa shape index (κ1) is 30.8. The quantitative estimate of drug-likeness (QED) is 0.186. The molecule has 43 heavy (non-hydrogen) atoms. The van der Waals surface area contributed by atoms with Crippen molar-refractivity contribution in [3.63, 3.8) is 0 Å². The van der Waals surface area contributed by atoms with Crippen LogP contribution in [0.3, 0.4) is 0 Å². The SMILES string of the molecule is CCCCOC(c1ccc2c(c1)OCO2)C(C)Oc1ccc([C@H]2O[C@@H](c3ccc(OC)c(OC)c3)[C@@H](C)[C@H]2C)cc1OC. The minimum absolute atomic E-state index is 0.0792. The molecule has 2 aliphatic rings. The predicted molar refractivity (Wildman–Crippen MR) is 164 cm³/mol. The smallest absolute Gasteiger partial charge is 0.231 e. The van der Waals surface area contributed by atoms with Crippen LogP contribution in [0.25, 0.3) is 0 Å². The minimum atomic E-state index is -0.299. The van der Waals surface area contributed by atoms with Gasteiger partial charge in [0.25, 0.3) is 0 Å². The van der Waals surface area contributed by atoms with Crippen LogP contribution >= 0.6 is 0 Å². The maximum Gasteiger partial charge on any atom is 0.231 e. The highest BCUT2D eigenvalue weighted by molar-refractivity contribution is 5.47. The Morgan fingerprint density at radius 3 is 1.98 bits per heavy atom. The highest BCUT2D eigenvalue weighted by Crippen LogP contribution is 2.51. The van der Waals surface area contributed by atoms with E-state index in [1.54, 1.807) is 21.3 Å². The molecule has 0 N–H and O–H groups in total. The highest BCUT2D eigenvalue weighted by atomic mass is 16.7. The molecular weight excluding hydrogens is 548 g/mol. The van der Waals surface area contributed by atoms with Crippen LogP contribution in [-0.2, 0) is 9.47 Å². The molecule has 0 saturated carbocycles. The first-order chi connectivity index (χ1) is 20.9. The molecular formula is C35H44O8. The summed E-state index contributed by atoms with van der Waals surface area (Å²) in [6, 6.07) is 18.0. The zero-order chi connectivity index (χ0) is 30.5. The summed E-state index contributed by atoms with van der Waals surface area (Å²) < 4.78 is 47.5. The van der Waals surface area contributed by atoms with Crippen molar-refractivity contribution in [3.05, 3.63) is 71.3 Å². The van der Waals surface area contributed by atoms with E-state index in [0.29, 0.717) is 29.6 Å². The van der Waals surface area contributed by atoms with Crippen LogP contribution in [-0.4, -0.2) is 40.8 Å². The lowest BCUT2D eigenvalue weighted by Gasteiger charge is -2.27. The van der Waals surface area contributed by atoms with Gasteiger partial charge in [-0.1, -0.05) is 45.4 Å². The summed E-state index contributed by atoms with van der Waals surface area (Å²) in [5.74, 6) is 4.73. The van der Waals surface area contributed by atoms with Crippen molar-refractivity contribution in [1.82, 2.24) is 0 Å². The molecule has 0 spiro atoms. The Morgan fingerprint density at radius 1 is 0.744 bits per heavy atom. The maximum absolute atomic E-state index is 6.70. The zero-order valence-electron chi connectivity index (χ0n) is 26.3. The average molecular weight is 593 g/mol. The number of rotatable bonds is 13. The van der Waals surface area contributed by atoms with Crippen molar-refractivity contribution < 1.29 is 37.9 Å². The van der Waals surface area contributed by atoms with Crippen molar-refractivity contribution in [1.29, 1.82) is 0 Å². The summed E-state index contributed by atoms with van der Waals surface area (Å²) in [5.41, 5.74) is 3.09. The van der Waals surface area contributed by atoms with Crippen LogP contribution in [0.1, 0.15) is 75.5 Å². The van der Waals surface area contributed by atoms with E-state index in [2.05, 4.69) is 32.9 Å². The standard InChI is InChI=1S/C35H44O8/c1-8-9-16-39-35(26-11-14-28-32(19-26)41-20-40-28)23(4)42-29-15-12-25(18-31(29)38-7)34-22(3)21(2)33(43-34)24-10-13-27(36-5)30(17-24)37-6/h10-15,17-19,21-23,33-35H,8-9,16,20H2,1-7H3/t21-,22+,23?,33+,34-,35?/m0/s1. The summed E-state index contributed by atoms with van der Waals surface area (Å²) in [7, 11) is 4.96. The van der Waals surface area contributed by atoms with Crippen molar-refractivity contribution in [3.8, 4) is 34.5 Å². The van der Waals surface area contributed by atoms with E-state index in [0.717, 1.165) is 41.0 Å². The fourth-order valence-corrected chi connectivity index (χ4v) is 5.92. The molecule has 1 saturated heterocycles. The number of hydrogen-bond acceptors (Lipinski definition) is 8. The Hall–Kier alpha value is -3.62. The van der Waals surface area contributed by atoms with Crippen LogP contribution in [0.2, 0.25) is 0 Å². The zero-order valence-corrected chi connectivity index (χ0v) is 26.3. The molecule has 0 bridgehead atoms. The Bertz CT molecular complexity index is 1370. The van der Waals surface area contributed by atoms with Gasteiger partial charge in [-0.15, -0.1) is 0 Å². The molecule has 8 heteroatoms. The topological polar surface area (TPSA) is 73.8 Å². The molecule has 6 atom stereocenters.